The van der Waals surface area contributed by atoms with E-state index < -0.39 is 0 Å². The van der Waals surface area contributed by atoms with Crippen LogP contribution in [0.25, 0.3) is 0 Å². The lowest BCUT2D eigenvalue weighted by atomic mass is 9.93. The van der Waals surface area contributed by atoms with Crippen LogP contribution in [0.15, 0.2) is 12.1 Å². The molecule has 0 spiro atoms. The molecule has 1 aromatic carbocycles. The van der Waals surface area contributed by atoms with Crippen molar-refractivity contribution in [3.63, 3.8) is 0 Å². The number of nitrogens with one attached hydrogen (secondary N) is 1. The number of aromatic hydroxyl groups is 1. The van der Waals surface area contributed by atoms with Crippen molar-refractivity contribution in [3.05, 3.63) is 23.3 Å². The van der Waals surface area contributed by atoms with E-state index in [0.29, 0.717) is 11.8 Å². The molecule has 0 radical (unpaired) electrons. The summed E-state index contributed by atoms with van der Waals surface area (Å²) >= 11 is 0. The van der Waals surface area contributed by atoms with E-state index in [1.807, 2.05) is 26.0 Å². The van der Waals surface area contributed by atoms with Gasteiger partial charge in [0.25, 0.3) is 0 Å². The molecule has 1 aliphatic rings. The number of hydrogen-bond acceptors (Lipinski definition) is 3. The van der Waals surface area contributed by atoms with E-state index in [-0.39, 0.29) is 5.60 Å². The van der Waals surface area contributed by atoms with Crippen molar-refractivity contribution >= 4 is 5.69 Å². The Bertz CT molecular complexity index is 440. The monoisotopic (exact) mass is 249 g/mol. The van der Waals surface area contributed by atoms with Gasteiger partial charge < -0.3 is 15.2 Å². The third kappa shape index (κ3) is 2.78. The molecule has 1 fully saturated rings. The molecule has 1 unspecified atom stereocenters. The molecule has 2 N–H and O–H groups in total. The zero-order chi connectivity index (χ0) is 13.3. The lowest BCUT2D eigenvalue weighted by molar-refractivity contribution is -0.0553. The molecule has 1 atom stereocenters. The van der Waals surface area contributed by atoms with Crippen molar-refractivity contribution in [2.75, 3.05) is 11.9 Å². The fourth-order valence-corrected chi connectivity index (χ4v) is 2.57. The molecule has 0 aliphatic carbocycles. The molecule has 1 saturated heterocycles. The highest BCUT2D eigenvalue weighted by molar-refractivity contribution is 5.59. The van der Waals surface area contributed by atoms with E-state index in [9.17, 15) is 5.11 Å². The molecule has 0 aromatic heterocycles. The van der Waals surface area contributed by atoms with Gasteiger partial charge in [-0.1, -0.05) is 6.07 Å². The van der Waals surface area contributed by atoms with Gasteiger partial charge in [-0.2, -0.15) is 0 Å². The molecule has 0 amide bonds. The molecular weight excluding hydrogens is 226 g/mol. The Kier molecular flexibility index (Phi) is 3.53. The Hall–Kier alpha value is -1.22. The smallest absolute Gasteiger partial charge is 0.123 e. The van der Waals surface area contributed by atoms with Gasteiger partial charge in [0.05, 0.1) is 5.60 Å². The minimum atomic E-state index is -0.0590. The van der Waals surface area contributed by atoms with E-state index in [0.717, 1.165) is 36.3 Å². The van der Waals surface area contributed by atoms with Gasteiger partial charge in [-0.3, -0.25) is 0 Å². The summed E-state index contributed by atoms with van der Waals surface area (Å²) in [5, 5.41) is 13.5. The Labute approximate surface area is 109 Å². The van der Waals surface area contributed by atoms with Crippen LogP contribution < -0.4 is 5.32 Å². The highest BCUT2D eigenvalue weighted by Crippen LogP contribution is 2.31. The van der Waals surface area contributed by atoms with Gasteiger partial charge in [0, 0.05) is 23.9 Å². The molecular formula is C15H23NO2. The van der Waals surface area contributed by atoms with E-state index in [1.54, 1.807) is 0 Å². The lowest BCUT2D eigenvalue weighted by Gasteiger charge is -2.36. The van der Waals surface area contributed by atoms with Gasteiger partial charge in [0.1, 0.15) is 5.75 Å². The van der Waals surface area contributed by atoms with Gasteiger partial charge in [-0.05, 0) is 52.2 Å². The highest BCUT2D eigenvalue weighted by Gasteiger charge is 2.29. The molecule has 0 saturated carbocycles. The summed E-state index contributed by atoms with van der Waals surface area (Å²) < 4.78 is 5.72. The Balaban J connectivity index is 2.12. The van der Waals surface area contributed by atoms with Crippen molar-refractivity contribution in [1.82, 2.24) is 0 Å². The number of benzene rings is 1. The molecule has 2 rings (SSSR count). The summed E-state index contributed by atoms with van der Waals surface area (Å²) in [4.78, 5) is 0. The van der Waals surface area contributed by atoms with Crippen LogP contribution in [0, 0.1) is 13.8 Å². The summed E-state index contributed by atoms with van der Waals surface area (Å²) in [6.07, 6.45) is 2.00. The fraction of sp³-hybridized carbons (Fsp3) is 0.600. The van der Waals surface area contributed by atoms with Gasteiger partial charge in [0.2, 0.25) is 0 Å². The van der Waals surface area contributed by atoms with E-state index in [4.69, 9.17) is 4.74 Å². The third-order valence-corrected chi connectivity index (χ3v) is 3.69. The first-order valence-electron chi connectivity index (χ1n) is 6.59. The lowest BCUT2D eigenvalue weighted by Crippen LogP contribution is -2.40. The number of rotatable bonds is 2. The number of ether oxygens (including phenoxy) is 1. The SMILES string of the molecule is Cc1ccc(NC2CCOC(C)(C)C2)c(C)c1O. The normalized spacial score (nSPS) is 22.8. The fourth-order valence-electron chi connectivity index (χ4n) is 2.57. The Morgan fingerprint density at radius 1 is 1.33 bits per heavy atom. The second-order valence-corrected chi connectivity index (χ2v) is 5.85. The van der Waals surface area contributed by atoms with Gasteiger partial charge in [-0.15, -0.1) is 0 Å². The van der Waals surface area contributed by atoms with Crippen molar-refractivity contribution in [2.45, 2.75) is 52.2 Å². The van der Waals surface area contributed by atoms with Gasteiger partial charge in [-0.25, -0.2) is 0 Å². The quantitative estimate of drug-likeness (QED) is 0.844. The average molecular weight is 249 g/mol. The van der Waals surface area contributed by atoms with Crippen LogP contribution >= 0.6 is 0 Å². The maximum atomic E-state index is 9.95. The number of phenolic OH excluding ortho intramolecular Hbond substituents is 1. The predicted octanol–water partition coefficient (Wildman–Crippen LogP) is 3.38. The van der Waals surface area contributed by atoms with Crippen LogP contribution in [0.2, 0.25) is 0 Å². The summed E-state index contributed by atoms with van der Waals surface area (Å²) in [6, 6.07) is 4.41. The first-order valence-corrected chi connectivity index (χ1v) is 6.59. The van der Waals surface area contributed by atoms with Crippen LogP contribution in [-0.2, 0) is 4.74 Å². The first-order chi connectivity index (χ1) is 8.39. The average Bonchev–Trinajstić information content (AvgIpc) is 2.29. The highest BCUT2D eigenvalue weighted by atomic mass is 16.5. The van der Waals surface area contributed by atoms with Crippen molar-refractivity contribution in [3.8, 4) is 5.75 Å². The molecule has 3 heteroatoms. The summed E-state index contributed by atoms with van der Waals surface area (Å²) in [6.45, 7) is 8.92. The summed E-state index contributed by atoms with van der Waals surface area (Å²) in [5.74, 6) is 0.395. The minimum absolute atomic E-state index is 0.0590. The van der Waals surface area contributed by atoms with E-state index >= 15 is 0 Å². The van der Waals surface area contributed by atoms with Crippen LogP contribution in [0.1, 0.15) is 37.8 Å². The maximum Gasteiger partial charge on any atom is 0.123 e. The predicted molar refractivity (Wildman–Crippen MR) is 74.3 cm³/mol. The number of aryl methyl sites for hydroxylation is 1. The molecule has 0 bridgehead atoms. The molecule has 1 aromatic rings. The Morgan fingerprint density at radius 3 is 2.72 bits per heavy atom. The first kappa shape index (κ1) is 13.2. The molecule has 1 aliphatic heterocycles. The minimum Gasteiger partial charge on any atom is -0.507 e. The van der Waals surface area contributed by atoms with Crippen LogP contribution in [-0.4, -0.2) is 23.4 Å². The third-order valence-electron chi connectivity index (χ3n) is 3.69. The van der Waals surface area contributed by atoms with Crippen LogP contribution in [0.3, 0.4) is 0 Å². The zero-order valence-corrected chi connectivity index (χ0v) is 11.7. The number of phenols is 1. The number of anilines is 1. The van der Waals surface area contributed by atoms with E-state index in [1.165, 1.54) is 0 Å². The topological polar surface area (TPSA) is 41.5 Å². The standard InChI is InChI=1S/C15H23NO2/c1-10-5-6-13(11(2)14(10)17)16-12-7-8-18-15(3,4)9-12/h5-6,12,16-17H,7-9H2,1-4H3. The second kappa shape index (κ2) is 4.81. The number of hydrogen-bond donors (Lipinski definition) is 2. The summed E-state index contributed by atoms with van der Waals surface area (Å²) in [7, 11) is 0. The summed E-state index contributed by atoms with van der Waals surface area (Å²) in [5.41, 5.74) is 2.82. The Morgan fingerprint density at radius 2 is 2.06 bits per heavy atom. The van der Waals surface area contributed by atoms with Crippen molar-refractivity contribution in [1.29, 1.82) is 0 Å². The van der Waals surface area contributed by atoms with Gasteiger partial charge in [0.15, 0.2) is 0 Å². The van der Waals surface area contributed by atoms with Crippen molar-refractivity contribution < 1.29 is 9.84 Å². The van der Waals surface area contributed by atoms with Gasteiger partial charge >= 0.3 is 0 Å². The van der Waals surface area contributed by atoms with Crippen LogP contribution in [0.5, 0.6) is 5.75 Å². The molecule has 3 nitrogen and oxygen atoms in total. The van der Waals surface area contributed by atoms with Crippen molar-refractivity contribution in [2.24, 2.45) is 0 Å². The zero-order valence-electron chi connectivity index (χ0n) is 11.7. The molecule has 18 heavy (non-hydrogen) atoms. The van der Waals surface area contributed by atoms with E-state index in [2.05, 4.69) is 19.2 Å². The molecule has 100 valence electrons. The molecule has 1 heterocycles. The largest absolute Gasteiger partial charge is 0.507 e. The maximum absolute atomic E-state index is 9.95. The van der Waals surface area contributed by atoms with Crippen LogP contribution in [0.4, 0.5) is 5.69 Å². The second-order valence-electron chi connectivity index (χ2n) is 5.85.